The van der Waals surface area contributed by atoms with Gasteiger partial charge < -0.3 is 0 Å². The molecule has 0 saturated heterocycles. The topological polar surface area (TPSA) is 36.7 Å². The normalized spacial score (nSPS) is 20.1. The number of hydrogen-bond acceptors (Lipinski definition) is 2. The van der Waals surface area contributed by atoms with Crippen LogP contribution in [0.25, 0.3) is 5.57 Å². The van der Waals surface area contributed by atoms with Gasteiger partial charge in [0.1, 0.15) is 0 Å². The Morgan fingerprint density at radius 1 is 1.35 bits per heavy atom. The summed E-state index contributed by atoms with van der Waals surface area (Å²) in [5, 5.41) is 9.34. The fourth-order valence-corrected chi connectivity index (χ4v) is 3.59. The van der Waals surface area contributed by atoms with Crippen LogP contribution in [0.15, 0.2) is 54.3 Å². The Hall–Kier alpha value is -2.14. The van der Waals surface area contributed by atoms with Gasteiger partial charge in [-0.25, -0.2) is 0 Å². The van der Waals surface area contributed by atoms with Gasteiger partial charge in [-0.1, -0.05) is 72.3 Å². The van der Waals surface area contributed by atoms with Crippen LogP contribution in [0.2, 0.25) is 0 Å². The second kappa shape index (κ2) is 10.8. The maximum atomic E-state index is 9.34. The van der Waals surface area contributed by atoms with Crippen LogP contribution in [0.3, 0.4) is 0 Å². The smallest absolute Gasteiger partial charge is 0.0988 e. The Balaban J connectivity index is 0.00000163. The van der Waals surface area contributed by atoms with E-state index in [0.29, 0.717) is 11.8 Å². The molecule has 0 fully saturated rings. The highest BCUT2D eigenvalue weighted by Gasteiger charge is 2.39. The van der Waals surface area contributed by atoms with E-state index in [1.54, 1.807) is 0 Å². The molecule has 0 bridgehead atoms. The van der Waals surface area contributed by atoms with E-state index in [2.05, 4.69) is 63.0 Å². The summed E-state index contributed by atoms with van der Waals surface area (Å²) in [6.07, 6.45) is 13.7. The molecular weight excluding hydrogens is 316 g/mol. The van der Waals surface area contributed by atoms with Crippen LogP contribution in [0.5, 0.6) is 0 Å². The van der Waals surface area contributed by atoms with E-state index in [0.717, 1.165) is 30.5 Å². The van der Waals surface area contributed by atoms with Crippen molar-refractivity contribution in [2.24, 2.45) is 17.3 Å². The molecule has 0 spiro atoms. The first-order valence-corrected chi connectivity index (χ1v) is 9.97. The van der Waals surface area contributed by atoms with Crippen molar-refractivity contribution in [2.75, 3.05) is 0 Å². The molecule has 0 aliphatic heterocycles. The molecule has 3 atom stereocenters. The highest BCUT2D eigenvalue weighted by atomic mass is 14.7. The summed E-state index contributed by atoms with van der Waals surface area (Å²) in [5.41, 5.74) is 2.98. The maximum Gasteiger partial charge on any atom is 0.0988 e. The molecule has 1 heterocycles. The third-order valence-electron chi connectivity index (χ3n) is 5.49. The van der Waals surface area contributed by atoms with Crippen molar-refractivity contribution in [3.8, 4) is 6.07 Å². The van der Waals surface area contributed by atoms with Gasteiger partial charge in [-0.15, -0.1) is 0 Å². The zero-order valence-corrected chi connectivity index (χ0v) is 17.3. The Morgan fingerprint density at radius 2 is 2.08 bits per heavy atom. The number of rotatable bonds is 6. The van der Waals surface area contributed by atoms with Crippen molar-refractivity contribution < 1.29 is 0 Å². The lowest BCUT2D eigenvalue weighted by atomic mass is 9.62. The number of aromatic nitrogens is 1. The summed E-state index contributed by atoms with van der Waals surface area (Å²) in [5.74, 6) is 0.886. The molecule has 0 amide bonds. The van der Waals surface area contributed by atoms with E-state index >= 15 is 0 Å². The van der Waals surface area contributed by atoms with E-state index in [1.807, 2.05) is 38.3 Å². The molecule has 140 valence electrons. The van der Waals surface area contributed by atoms with E-state index in [9.17, 15) is 5.26 Å². The largest absolute Gasteiger partial charge is 0.257 e. The summed E-state index contributed by atoms with van der Waals surface area (Å²) >= 11 is 0. The fourth-order valence-electron chi connectivity index (χ4n) is 3.59. The lowest BCUT2D eigenvalue weighted by Crippen LogP contribution is -2.34. The van der Waals surface area contributed by atoms with Crippen LogP contribution in [0, 0.1) is 28.6 Å². The fraction of sp³-hybridized carbons (Fsp3) is 0.500. The van der Waals surface area contributed by atoms with E-state index in [1.165, 1.54) is 5.57 Å². The molecule has 26 heavy (non-hydrogen) atoms. The number of pyridine rings is 1. The second-order valence-corrected chi connectivity index (χ2v) is 6.86. The molecule has 1 aromatic heterocycles. The summed E-state index contributed by atoms with van der Waals surface area (Å²) in [4.78, 5) is 4.57. The molecule has 1 aliphatic carbocycles. The van der Waals surface area contributed by atoms with Gasteiger partial charge in [0, 0.05) is 11.8 Å². The molecule has 3 unspecified atom stereocenters. The van der Waals surface area contributed by atoms with Crippen molar-refractivity contribution >= 4 is 5.57 Å². The Labute approximate surface area is 160 Å². The number of nitriles is 1. The first-order valence-electron chi connectivity index (χ1n) is 9.97. The standard InChI is InChI=1S/C22H28N2.C2H6/c1-5-7-13-22(4,17(3)6-2)20-12-11-18(16-23)15-19(20)21-10-8-9-14-24-21;1-2/h7-11,13-15,17,20H,5-6,12H2,1-4H3;1-2H3. The summed E-state index contributed by atoms with van der Waals surface area (Å²) in [7, 11) is 0. The van der Waals surface area contributed by atoms with E-state index in [4.69, 9.17) is 0 Å². The molecule has 0 N–H and O–H groups in total. The predicted molar refractivity (Wildman–Crippen MR) is 112 cm³/mol. The second-order valence-electron chi connectivity index (χ2n) is 6.86. The van der Waals surface area contributed by atoms with Crippen LogP contribution >= 0.6 is 0 Å². The third-order valence-corrected chi connectivity index (χ3v) is 5.49. The van der Waals surface area contributed by atoms with E-state index in [-0.39, 0.29) is 5.41 Å². The highest BCUT2D eigenvalue weighted by Crippen LogP contribution is 2.49. The lowest BCUT2D eigenvalue weighted by Gasteiger charge is -2.42. The molecule has 2 heteroatoms. The molecule has 1 aliphatic rings. The molecular formula is C24H34N2. The minimum absolute atomic E-state index is 0.0472. The molecule has 0 radical (unpaired) electrons. The molecule has 0 aromatic carbocycles. The summed E-state index contributed by atoms with van der Waals surface area (Å²) < 4.78 is 0. The molecule has 0 saturated carbocycles. The van der Waals surface area contributed by atoms with Gasteiger partial charge >= 0.3 is 0 Å². The van der Waals surface area contributed by atoms with Crippen LogP contribution in [-0.2, 0) is 0 Å². The van der Waals surface area contributed by atoms with Crippen LogP contribution in [-0.4, -0.2) is 4.98 Å². The molecule has 2 rings (SSSR count). The van der Waals surface area contributed by atoms with Crippen LogP contribution < -0.4 is 0 Å². The maximum absolute atomic E-state index is 9.34. The van der Waals surface area contributed by atoms with Gasteiger partial charge in [-0.2, -0.15) is 5.26 Å². The van der Waals surface area contributed by atoms with Crippen LogP contribution in [0.4, 0.5) is 0 Å². The lowest BCUT2D eigenvalue weighted by molar-refractivity contribution is 0.200. The monoisotopic (exact) mass is 350 g/mol. The van der Waals surface area contributed by atoms with Crippen molar-refractivity contribution in [3.63, 3.8) is 0 Å². The number of hydrogen-bond donors (Lipinski definition) is 0. The van der Waals surface area contributed by atoms with Crippen molar-refractivity contribution in [1.82, 2.24) is 4.98 Å². The molecule has 1 aromatic rings. The minimum atomic E-state index is 0.0472. The number of nitrogens with zero attached hydrogens (tertiary/aromatic N) is 2. The predicted octanol–water partition coefficient (Wildman–Crippen LogP) is 6.98. The first kappa shape index (κ1) is 21.9. The van der Waals surface area contributed by atoms with Gasteiger partial charge in [-0.3, -0.25) is 4.98 Å². The average molecular weight is 351 g/mol. The SMILES string of the molecule is CC.CCC=CC(C)(C(C)CC)C1CC=C(C#N)C=C1c1ccccn1. The van der Waals surface area contributed by atoms with Gasteiger partial charge in [0.15, 0.2) is 0 Å². The number of allylic oxidation sites excluding steroid dienone is 6. The average Bonchev–Trinajstić information content (AvgIpc) is 2.73. The molecule has 2 nitrogen and oxygen atoms in total. The van der Waals surface area contributed by atoms with Gasteiger partial charge in [0.25, 0.3) is 0 Å². The van der Waals surface area contributed by atoms with Crippen LogP contribution in [0.1, 0.15) is 66.5 Å². The van der Waals surface area contributed by atoms with Gasteiger partial charge in [0.05, 0.1) is 11.8 Å². The third kappa shape index (κ3) is 4.94. The van der Waals surface area contributed by atoms with Crippen molar-refractivity contribution in [1.29, 1.82) is 5.26 Å². The minimum Gasteiger partial charge on any atom is -0.257 e. The van der Waals surface area contributed by atoms with Crippen molar-refractivity contribution in [3.05, 3.63) is 60.0 Å². The Bertz CT molecular complexity index is 676. The quantitative estimate of drug-likeness (QED) is 0.519. The Morgan fingerprint density at radius 3 is 2.62 bits per heavy atom. The zero-order chi connectivity index (χ0) is 19.6. The highest BCUT2D eigenvalue weighted by molar-refractivity contribution is 5.71. The summed E-state index contributed by atoms with van der Waals surface area (Å²) in [6.45, 7) is 13.1. The first-order chi connectivity index (χ1) is 12.6. The van der Waals surface area contributed by atoms with E-state index < -0.39 is 0 Å². The Kier molecular flexibility index (Phi) is 9.07. The summed E-state index contributed by atoms with van der Waals surface area (Å²) in [6, 6.07) is 8.32. The zero-order valence-electron chi connectivity index (χ0n) is 17.3. The van der Waals surface area contributed by atoms with Gasteiger partial charge in [-0.05, 0) is 53.9 Å². The van der Waals surface area contributed by atoms with Gasteiger partial charge in [0.2, 0.25) is 0 Å². The van der Waals surface area contributed by atoms with Crippen molar-refractivity contribution in [2.45, 2.75) is 60.8 Å².